The van der Waals surface area contributed by atoms with Gasteiger partial charge in [-0.15, -0.1) is 0 Å². The molecule has 0 fully saturated rings. The highest BCUT2D eigenvalue weighted by atomic mass is 16.5. The Morgan fingerprint density at radius 1 is 1.16 bits per heavy atom. The summed E-state index contributed by atoms with van der Waals surface area (Å²) in [6.07, 6.45) is 0. The molecular formula is C23H23N3O6. The molecule has 0 bridgehead atoms. The number of carbonyl (C=O) groups is 3. The number of aliphatic hydroxyl groups excluding tert-OH is 1. The van der Waals surface area contributed by atoms with E-state index in [0.717, 1.165) is 0 Å². The number of methoxy groups -OCH3 is 1. The highest BCUT2D eigenvalue weighted by molar-refractivity contribution is 6.11. The summed E-state index contributed by atoms with van der Waals surface area (Å²) in [5.41, 5.74) is 1.66. The number of ether oxygens (including phenoxy) is 2. The Balaban J connectivity index is 1.70. The monoisotopic (exact) mass is 437 g/mol. The van der Waals surface area contributed by atoms with Crippen molar-refractivity contribution in [3.63, 3.8) is 0 Å². The molecule has 2 aliphatic rings. The third kappa shape index (κ3) is 3.67. The van der Waals surface area contributed by atoms with E-state index in [9.17, 15) is 19.5 Å². The summed E-state index contributed by atoms with van der Waals surface area (Å²) < 4.78 is 10.8. The van der Waals surface area contributed by atoms with Crippen molar-refractivity contribution in [1.29, 1.82) is 0 Å². The second-order valence-electron chi connectivity index (χ2n) is 7.25. The highest BCUT2D eigenvalue weighted by Crippen LogP contribution is 2.39. The third-order valence-electron chi connectivity index (χ3n) is 5.37. The quantitative estimate of drug-likeness (QED) is 0.667. The number of nitrogens with one attached hydrogen (secondary N) is 1. The van der Waals surface area contributed by atoms with Gasteiger partial charge in [-0.2, -0.15) is 0 Å². The summed E-state index contributed by atoms with van der Waals surface area (Å²) in [6.45, 7) is 2.21. The van der Waals surface area contributed by atoms with Crippen molar-refractivity contribution in [2.24, 2.45) is 0 Å². The Bertz CT molecular complexity index is 1130. The molecule has 0 unspecified atom stereocenters. The van der Waals surface area contributed by atoms with E-state index >= 15 is 0 Å². The van der Waals surface area contributed by atoms with Crippen molar-refractivity contribution in [2.75, 3.05) is 43.6 Å². The molecule has 9 heteroatoms. The molecule has 4 rings (SSSR count). The second kappa shape index (κ2) is 8.72. The molecule has 2 N–H and O–H groups in total. The maximum absolute atomic E-state index is 13.3. The first-order chi connectivity index (χ1) is 15.5. The minimum atomic E-state index is -0.636. The molecule has 2 aromatic carbocycles. The SMILES string of the molecule is CCN1C(=O)c2cc(NC3=C(C(=O)OC)CN(CCO)C3=O)ccc2Oc2ccccc21. The van der Waals surface area contributed by atoms with Gasteiger partial charge in [0, 0.05) is 18.8 Å². The van der Waals surface area contributed by atoms with Gasteiger partial charge in [0.15, 0.2) is 5.75 Å². The lowest BCUT2D eigenvalue weighted by atomic mass is 10.1. The van der Waals surface area contributed by atoms with Gasteiger partial charge in [0.2, 0.25) is 0 Å². The van der Waals surface area contributed by atoms with Crippen molar-refractivity contribution in [3.8, 4) is 11.5 Å². The minimum absolute atomic E-state index is 0.0281. The van der Waals surface area contributed by atoms with Crippen molar-refractivity contribution < 1.29 is 29.0 Å². The Morgan fingerprint density at radius 3 is 2.66 bits per heavy atom. The molecule has 0 saturated heterocycles. The van der Waals surface area contributed by atoms with Crippen molar-refractivity contribution >= 4 is 29.2 Å². The van der Waals surface area contributed by atoms with Gasteiger partial charge in [0.25, 0.3) is 11.8 Å². The summed E-state index contributed by atoms with van der Waals surface area (Å²) in [5.74, 6) is -0.338. The lowest BCUT2D eigenvalue weighted by Crippen LogP contribution is -2.31. The predicted octanol–water partition coefficient (Wildman–Crippen LogP) is 2.13. The number of para-hydroxylation sites is 2. The fourth-order valence-corrected chi connectivity index (χ4v) is 3.81. The number of carbonyl (C=O) groups excluding carboxylic acids is 3. The maximum Gasteiger partial charge on any atom is 0.337 e. The maximum atomic E-state index is 13.3. The van der Waals surface area contributed by atoms with Gasteiger partial charge in [-0.05, 0) is 37.3 Å². The van der Waals surface area contributed by atoms with Crippen LogP contribution in [0.3, 0.4) is 0 Å². The third-order valence-corrected chi connectivity index (χ3v) is 5.37. The summed E-state index contributed by atoms with van der Waals surface area (Å²) in [7, 11) is 1.24. The van der Waals surface area contributed by atoms with Crippen LogP contribution < -0.4 is 15.0 Å². The van der Waals surface area contributed by atoms with E-state index < -0.39 is 11.9 Å². The number of nitrogens with zero attached hydrogens (tertiary/aromatic N) is 2. The molecule has 0 aliphatic carbocycles. The van der Waals surface area contributed by atoms with Crippen LogP contribution >= 0.6 is 0 Å². The van der Waals surface area contributed by atoms with Crippen molar-refractivity contribution in [3.05, 3.63) is 59.3 Å². The number of amides is 2. The van der Waals surface area contributed by atoms with Crippen LogP contribution in [0, 0.1) is 0 Å². The molecule has 0 spiro atoms. The van der Waals surface area contributed by atoms with Gasteiger partial charge in [0.05, 0.1) is 37.1 Å². The molecule has 0 radical (unpaired) electrons. The molecular weight excluding hydrogens is 414 g/mol. The topological polar surface area (TPSA) is 108 Å². The first kappa shape index (κ1) is 21.4. The standard InChI is InChI=1S/C23H23N3O6/c1-3-26-17-6-4-5-7-19(17)32-18-9-8-14(12-15(18)21(26)28)24-20-16(23(30)31-2)13-25(10-11-27)22(20)29/h4-9,12,24,27H,3,10-11,13H2,1-2H3. The van der Waals surface area contributed by atoms with Crippen LogP contribution in [0.1, 0.15) is 17.3 Å². The van der Waals surface area contributed by atoms with E-state index in [-0.39, 0.29) is 36.9 Å². The first-order valence-electron chi connectivity index (χ1n) is 10.2. The van der Waals surface area contributed by atoms with Gasteiger partial charge >= 0.3 is 5.97 Å². The molecule has 2 aliphatic heterocycles. The molecule has 9 nitrogen and oxygen atoms in total. The fourth-order valence-electron chi connectivity index (χ4n) is 3.81. The fraction of sp³-hybridized carbons (Fsp3) is 0.261. The summed E-state index contributed by atoms with van der Waals surface area (Å²) in [5, 5.41) is 12.2. The largest absolute Gasteiger partial charge is 0.466 e. The van der Waals surface area contributed by atoms with Gasteiger partial charge in [-0.1, -0.05) is 12.1 Å². The molecule has 0 aromatic heterocycles. The van der Waals surface area contributed by atoms with E-state index in [2.05, 4.69) is 5.32 Å². The zero-order valence-corrected chi connectivity index (χ0v) is 17.8. The second-order valence-corrected chi connectivity index (χ2v) is 7.25. The number of β-amino-alcohol motifs (C(OH)–C–C–N with tert-alkyl or cyclic N) is 1. The molecule has 2 heterocycles. The van der Waals surface area contributed by atoms with Crippen molar-refractivity contribution in [2.45, 2.75) is 6.92 Å². The van der Waals surface area contributed by atoms with Crippen LogP contribution in [0.5, 0.6) is 11.5 Å². The summed E-state index contributed by atoms with van der Waals surface area (Å²) in [6, 6.07) is 12.2. The Hall–Kier alpha value is -3.85. The average Bonchev–Trinajstić information content (AvgIpc) is 3.04. The normalized spacial score (nSPS) is 15.2. The lowest BCUT2D eigenvalue weighted by molar-refractivity contribution is -0.136. The van der Waals surface area contributed by atoms with Crippen LogP contribution in [0.2, 0.25) is 0 Å². The van der Waals surface area contributed by atoms with Gasteiger partial charge in [0.1, 0.15) is 11.4 Å². The van der Waals surface area contributed by atoms with Crippen LogP contribution in [-0.2, 0) is 14.3 Å². The lowest BCUT2D eigenvalue weighted by Gasteiger charge is -2.20. The Kier molecular flexibility index (Phi) is 5.83. The van der Waals surface area contributed by atoms with Gasteiger partial charge in [-0.3, -0.25) is 9.59 Å². The molecule has 2 aromatic rings. The van der Waals surface area contributed by atoms with E-state index in [1.165, 1.54) is 12.0 Å². The number of rotatable bonds is 6. The molecule has 166 valence electrons. The minimum Gasteiger partial charge on any atom is -0.466 e. The van der Waals surface area contributed by atoms with E-state index in [1.54, 1.807) is 29.2 Å². The smallest absolute Gasteiger partial charge is 0.337 e. The van der Waals surface area contributed by atoms with Crippen molar-refractivity contribution in [1.82, 2.24) is 4.90 Å². The number of anilines is 2. The Labute approximate surface area is 184 Å². The number of fused-ring (bicyclic) bond motifs is 2. The van der Waals surface area contributed by atoms with Gasteiger partial charge < -0.3 is 29.7 Å². The highest BCUT2D eigenvalue weighted by Gasteiger charge is 2.35. The van der Waals surface area contributed by atoms with Crippen LogP contribution in [0.15, 0.2) is 53.7 Å². The number of hydrogen-bond acceptors (Lipinski definition) is 7. The van der Waals surface area contributed by atoms with Gasteiger partial charge in [-0.25, -0.2) is 4.79 Å². The molecule has 0 atom stereocenters. The number of benzene rings is 2. The van der Waals surface area contributed by atoms with Crippen LogP contribution in [-0.4, -0.2) is 61.1 Å². The predicted molar refractivity (Wildman–Crippen MR) is 117 cm³/mol. The molecule has 2 amide bonds. The summed E-state index contributed by atoms with van der Waals surface area (Å²) >= 11 is 0. The zero-order chi connectivity index (χ0) is 22.8. The van der Waals surface area contributed by atoms with Crippen LogP contribution in [0.25, 0.3) is 0 Å². The number of esters is 1. The summed E-state index contributed by atoms with van der Waals surface area (Å²) in [4.78, 5) is 41.2. The first-order valence-corrected chi connectivity index (χ1v) is 10.2. The molecule has 0 saturated carbocycles. The number of aliphatic hydroxyl groups is 1. The van der Waals surface area contributed by atoms with E-state index in [1.807, 2.05) is 25.1 Å². The average molecular weight is 437 g/mol. The number of hydrogen-bond donors (Lipinski definition) is 2. The van der Waals surface area contributed by atoms with E-state index in [0.29, 0.717) is 35.0 Å². The molecule has 32 heavy (non-hydrogen) atoms. The zero-order valence-electron chi connectivity index (χ0n) is 17.8. The Morgan fingerprint density at radius 2 is 1.94 bits per heavy atom. The van der Waals surface area contributed by atoms with Crippen LogP contribution in [0.4, 0.5) is 11.4 Å². The van der Waals surface area contributed by atoms with E-state index in [4.69, 9.17) is 9.47 Å².